The van der Waals surface area contributed by atoms with Gasteiger partial charge in [-0.15, -0.1) is 10.2 Å². The number of rotatable bonds is 2. The molecule has 1 saturated carbocycles. The summed E-state index contributed by atoms with van der Waals surface area (Å²) in [4.78, 5) is 0. The molecule has 0 amide bonds. The van der Waals surface area contributed by atoms with Crippen molar-refractivity contribution in [3.8, 4) is 0 Å². The Morgan fingerprint density at radius 3 is 2.61 bits per heavy atom. The van der Waals surface area contributed by atoms with Crippen LogP contribution in [0.4, 0.5) is 19.0 Å². The van der Waals surface area contributed by atoms with Gasteiger partial charge in [-0.25, -0.2) is 0 Å². The highest BCUT2D eigenvalue weighted by Gasteiger charge is 2.43. The number of anilines is 1. The Hall–Kier alpha value is -1.08. The lowest BCUT2D eigenvalue weighted by Gasteiger charge is -2.43. The molecule has 1 fully saturated rings. The predicted molar refractivity (Wildman–Crippen MR) is 59.3 cm³/mol. The normalized spacial score (nSPS) is 27.8. The molecule has 2 atom stereocenters. The number of hydrogen-bond acceptors (Lipinski definition) is 4. The molecule has 1 aliphatic carbocycles. The van der Waals surface area contributed by atoms with Crippen LogP contribution in [0.3, 0.4) is 0 Å². The van der Waals surface area contributed by atoms with E-state index in [9.17, 15) is 18.3 Å². The Morgan fingerprint density at radius 1 is 1.50 bits per heavy atom. The van der Waals surface area contributed by atoms with E-state index in [-0.39, 0.29) is 5.15 Å². The van der Waals surface area contributed by atoms with Crippen molar-refractivity contribution in [2.45, 2.75) is 37.6 Å². The lowest BCUT2D eigenvalue weighted by atomic mass is 9.76. The number of nitrogens with zero attached hydrogens (tertiary/aromatic N) is 2. The molecule has 1 aromatic heterocycles. The number of aromatic nitrogens is 2. The third-order valence-corrected chi connectivity index (χ3v) is 3.25. The zero-order chi connectivity index (χ0) is 13.6. The lowest BCUT2D eigenvalue weighted by molar-refractivity contribution is -0.137. The van der Waals surface area contributed by atoms with Crippen molar-refractivity contribution in [2.24, 2.45) is 0 Å². The molecule has 4 nitrogen and oxygen atoms in total. The Labute approximate surface area is 106 Å². The standard InChI is InChI=1S/C10H11ClF3N3O/c1-9(18)3-2-6(9)15-8-5(10(12,13)14)4-7(11)16-17-8/h4,6,18H,2-3H2,1H3,(H,15,17). The smallest absolute Gasteiger partial charge is 0.388 e. The van der Waals surface area contributed by atoms with Gasteiger partial charge in [0.05, 0.1) is 11.6 Å². The molecule has 2 rings (SSSR count). The van der Waals surface area contributed by atoms with Crippen molar-refractivity contribution in [1.82, 2.24) is 10.2 Å². The maximum atomic E-state index is 12.8. The third kappa shape index (κ3) is 2.51. The van der Waals surface area contributed by atoms with Crippen LogP contribution in [0.1, 0.15) is 25.3 Å². The molecule has 2 unspecified atom stereocenters. The minimum Gasteiger partial charge on any atom is -0.388 e. The van der Waals surface area contributed by atoms with Gasteiger partial charge in [0.25, 0.3) is 0 Å². The summed E-state index contributed by atoms with van der Waals surface area (Å²) in [5, 5.41) is 18.8. The summed E-state index contributed by atoms with van der Waals surface area (Å²) in [5.74, 6) is -0.406. The number of hydrogen-bond donors (Lipinski definition) is 2. The van der Waals surface area contributed by atoms with Crippen LogP contribution in [0.15, 0.2) is 6.07 Å². The third-order valence-electron chi connectivity index (χ3n) is 3.07. The van der Waals surface area contributed by atoms with Gasteiger partial charge in [0, 0.05) is 0 Å². The number of alkyl halides is 3. The molecule has 18 heavy (non-hydrogen) atoms. The first-order valence-corrected chi connectivity index (χ1v) is 5.67. The number of aliphatic hydroxyl groups is 1. The highest BCUT2D eigenvalue weighted by molar-refractivity contribution is 6.29. The zero-order valence-corrected chi connectivity index (χ0v) is 10.2. The van der Waals surface area contributed by atoms with Crippen LogP contribution in [0.5, 0.6) is 0 Å². The molecule has 0 aromatic carbocycles. The van der Waals surface area contributed by atoms with E-state index in [4.69, 9.17) is 11.6 Å². The molecule has 2 N–H and O–H groups in total. The van der Waals surface area contributed by atoms with E-state index in [1.807, 2.05) is 0 Å². The van der Waals surface area contributed by atoms with Gasteiger partial charge in [0.2, 0.25) is 0 Å². The van der Waals surface area contributed by atoms with Gasteiger partial charge in [-0.2, -0.15) is 13.2 Å². The van der Waals surface area contributed by atoms with Crippen molar-refractivity contribution >= 4 is 17.4 Å². The van der Waals surface area contributed by atoms with Crippen LogP contribution in [-0.2, 0) is 6.18 Å². The maximum absolute atomic E-state index is 12.8. The molecule has 1 aliphatic rings. The SMILES string of the molecule is CC1(O)CCC1Nc1nnc(Cl)cc1C(F)(F)F. The quantitative estimate of drug-likeness (QED) is 0.874. The van der Waals surface area contributed by atoms with E-state index < -0.39 is 29.2 Å². The van der Waals surface area contributed by atoms with Gasteiger partial charge >= 0.3 is 6.18 Å². The van der Waals surface area contributed by atoms with Crippen molar-refractivity contribution < 1.29 is 18.3 Å². The molecular weight excluding hydrogens is 271 g/mol. The number of nitrogens with one attached hydrogen (secondary N) is 1. The van der Waals surface area contributed by atoms with Gasteiger partial charge < -0.3 is 10.4 Å². The molecule has 1 aromatic rings. The largest absolute Gasteiger partial charge is 0.420 e. The van der Waals surface area contributed by atoms with E-state index in [0.717, 1.165) is 0 Å². The minimum atomic E-state index is -4.57. The molecule has 0 saturated heterocycles. The molecule has 0 radical (unpaired) electrons. The Bertz CT molecular complexity index is 464. The molecular formula is C10H11ClF3N3O. The van der Waals surface area contributed by atoms with E-state index in [2.05, 4.69) is 15.5 Å². The molecule has 1 heterocycles. The fourth-order valence-corrected chi connectivity index (χ4v) is 1.94. The van der Waals surface area contributed by atoms with Crippen LogP contribution >= 0.6 is 11.6 Å². The van der Waals surface area contributed by atoms with Gasteiger partial charge in [0.1, 0.15) is 5.56 Å². The molecule has 0 spiro atoms. The second-order valence-electron chi connectivity index (χ2n) is 4.52. The van der Waals surface area contributed by atoms with Crippen LogP contribution < -0.4 is 5.32 Å². The Morgan fingerprint density at radius 2 is 2.17 bits per heavy atom. The van der Waals surface area contributed by atoms with E-state index >= 15 is 0 Å². The molecule has 0 bridgehead atoms. The van der Waals surface area contributed by atoms with Crippen LogP contribution in [0, 0.1) is 0 Å². The highest BCUT2D eigenvalue weighted by atomic mass is 35.5. The first kappa shape index (κ1) is 13.4. The van der Waals surface area contributed by atoms with E-state index in [1.54, 1.807) is 6.92 Å². The predicted octanol–water partition coefficient (Wildman–Crippen LogP) is 2.47. The average Bonchev–Trinajstić information content (AvgIpc) is 2.24. The fraction of sp³-hybridized carbons (Fsp3) is 0.600. The van der Waals surface area contributed by atoms with Gasteiger partial charge in [0.15, 0.2) is 11.0 Å². The van der Waals surface area contributed by atoms with Crippen LogP contribution in [-0.4, -0.2) is 26.9 Å². The Balaban J connectivity index is 2.28. The van der Waals surface area contributed by atoms with Gasteiger partial charge in [-0.1, -0.05) is 11.6 Å². The van der Waals surface area contributed by atoms with E-state index in [1.165, 1.54) is 0 Å². The van der Waals surface area contributed by atoms with Gasteiger partial charge in [-0.05, 0) is 25.8 Å². The van der Waals surface area contributed by atoms with Crippen LogP contribution in [0.25, 0.3) is 0 Å². The van der Waals surface area contributed by atoms with Crippen molar-refractivity contribution in [3.05, 3.63) is 16.8 Å². The summed E-state index contributed by atoms with van der Waals surface area (Å²) >= 11 is 5.41. The van der Waals surface area contributed by atoms with Crippen LogP contribution in [0.2, 0.25) is 5.15 Å². The summed E-state index contributed by atoms with van der Waals surface area (Å²) in [6.07, 6.45) is -3.46. The topological polar surface area (TPSA) is 58.0 Å². The molecule has 8 heteroatoms. The van der Waals surface area contributed by atoms with Gasteiger partial charge in [-0.3, -0.25) is 0 Å². The highest BCUT2D eigenvalue weighted by Crippen LogP contribution is 2.38. The fourth-order valence-electron chi connectivity index (χ4n) is 1.79. The zero-order valence-electron chi connectivity index (χ0n) is 9.42. The second kappa shape index (κ2) is 4.24. The summed E-state index contributed by atoms with van der Waals surface area (Å²) < 4.78 is 38.3. The second-order valence-corrected chi connectivity index (χ2v) is 4.91. The summed E-state index contributed by atoms with van der Waals surface area (Å²) in [7, 11) is 0. The Kier molecular flexibility index (Phi) is 3.14. The maximum Gasteiger partial charge on any atom is 0.420 e. The first-order chi connectivity index (χ1) is 8.20. The lowest BCUT2D eigenvalue weighted by Crippen LogP contribution is -2.53. The summed E-state index contributed by atoms with van der Waals surface area (Å²) in [6.45, 7) is 1.56. The van der Waals surface area contributed by atoms with Crippen molar-refractivity contribution in [3.63, 3.8) is 0 Å². The monoisotopic (exact) mass is 281 g/mol. The van der Waals surface area contributed by atoms with Crippen molar-refractivity contribution in [2.75, 3.05) is 5.32 Å². The van der Waals surface area contributed by atoms with Crippen molar-refractivity contribution in [1.29, 1.82) is 0 Å². The summed E-state index contributed by atoms with van der Waals surface area (Å²) in [6, 6.07) is 0.249. The molecule has 0 aliphatic heterocycles. The average molecular weight is 282 g/mol. The minimum absolute atomic E-state index is 0.326. The summed E-state index contributed by atoms with van der Waals surface area (Å²) in [5.41, 5.74) is -2.00. The van der Waals surface area contributed by atoms with E-state index in [0.29, 0.717) is 18.9 Å². The number of halogens is 4. The first-order valence-electron chi connectivity index (χ1n) is 5.29. The molecule has 100 valence electrons.